The Bertz CT molecular complexity index is 1160. The fraction of sp³-hybridized carbons (Fsp3) is 0.429. The average molecular weight is 477 g/mol. The maximum atomic E-state index is 13.9. The van der Waals surface area contributed by atoms with E-state index in [2.05, 4.69) is 31.2 Å². The first-order valence-electron chi connectivity index (χ1n) is 12.1. The minimum absolute atomic E-state index is 0.0612. The molecule has 0 atom stereocenters. The summed E-state index contributed by atoms with van der Waals surface area (Å²) in [7, 11) is 3.29. The Morgan fingerprint density at radius 2 is 1.76 bits per heavy atom. The molecule has 2 fully saturated rings. The van der Waals surface area contributed by atoms with E-state index >= 15 is 0 Å². The fourth-order valence-electron chi connectivity index (χ4n) is 4.22. The largest absolute Gasteiger partial charge is 0.493 e. The first-order valence-corrected chi connectivity index (χ1v) is 12.9. The smallest absolute Gasteiger partial charge is 0.274 e. The number of hydrogen-bond acceptors (Lipinski definition) is 5. The highest BCUT2D eigenvalue weighted by molar-refractivity contribution is 7.15. The molecule has 6 heteroatoms. The second kappa shape index (κ2) is 9.79. The number of ether oxygens (including phenoxy) is 2. The van der Waals surface area contributed by atoms with Gasteiger partial charge in [0.05, 0.1) is 24.1 Å². The maximum Gasteiger partial charge on any atom is 0.274 e. The Labute approximate surface area is 205 Å². The third kappa shape index (κ3) is 5.12. The minimum Gasteiger partial charge on any atom is -0.493 e. The number of carbonyl (C=O) groups excluding carboxylic acids is 1. The van der Waals surface area contributed by atoms with Crippen LogP contribution in [-0.2, 0) is 6.42 Å². The van der Waals surface area contributed by atoms with Crippen LogP contribution in [0.3, 0.4) is 0 Å². The summed E-state index contributed by atoms with van der Waals surface area (Å²) in [5.74, 6) is 2.63. The molecule has 1 aromatic heterocycles. The van der Waals surface area contributed by atoms with E-state index in [4.69, 9.17) is 14.5 Å². The predicted octanol–water partition coefficient (Wildman–Crippen LogP) is 6.11. The lowest BCUT2D eigenvalue weighted by atomic mass is 10.1. The zero-order valence-electron chi connectivity index (χ0n) is 20.2. The van der Waals surface area contributed by atoms with Gasteiger partial charge in [-0.15, -0.1) is 11.3 Å². The van der Waals surface area contributed by atoms with E-state index in [0.717, 1.165) is 45.5 Å². The second-order valence-corrected chi connectivity index (χ2v) is 10.5. The van der Waals surface area contributed by atoms with Crippen molar-refractivity contribution in [2.45, 2.75) is 44.9 Å². The van der Waals surface area contributed by atoms with E-state index in [-0.39, 0.29) is 5.91 Å². The fourth-order valence-corrected chi connectivity index (χ4v) is 5.46. The topological polar surface area (TPSA) is 51.7 Å². The molecule has 0 N–H and O–H groups in total. The highest BCUT2D eigenvalue weighted by atomic mass is 32.1. The quantitative estimate of drug-likeness (QED) is 0.354. The van der Waals surface area contributed by atoms with E-state index in [9.17, 15) is 4.79 Å². The first kappa shape index (κ1) is 22.9. The lowest BCUT2D eigenvalue weighted by Crippen LogP contribution is -2.35. The summed E-state index contributed by atoms with van der Waals surface area (Å²) in [6.45, 7) is 3.55. The Morgan fingerprint density at radius 3 is 2.41 bits per heavy atom. The van der Waals surface area contributed by atoms with Crippen LogP contribution in [0.2, 0.25) is 0 Å². The Hall–Kier alpha value is -2.86. The van der Waals surface area contributed by atoms with Gasteiger partial charge in [0, 0.05) is 19.0 Å². The molecule has 0 saturated heterocycles. The number of thiazole rings is 1. The molecule has 0 aliphatic heterocycles. The summed E-state index contributed by atoms with van der Waals surface area (Å²) in [5.41, 5.74) is 4.06. The Morgan fingerprint density at radius 1 is 1.03 bits per heavy atom. The summed E-state index contributed by atoms with van der Waals surface area (Å²) in [6.07, 6.45) is 5.53. The van der Waals surface area contributed by atoms with Crippen molar-refractivity contribution in [1.82, 2.24) is 9.88 Å². The van der Waals surface area contributed by atoms with Gasteiger partial charge in [0.1, 0.15) is 5.69 Å². The zero-order valence-corrected chi connectivity index (χ0v) is 21.0. The van der Waals surface area contributed by atoms with Crippen LogP contribution in [-0.4, -0.2) is 43.1 Å². The number of benzene rings is 2. The molecule has 0 radical (unpaired) electrons. The molecule has 2 aromatic carbocycles. The monoisotopic (exact) mass is 476 g/mol. The predicted molar refractivity (Wildman–Crippen MR) is 136 cm³/mol. The number of carbonyl (C=O) groups is 1. The van der Waals surface area contributed by atoms with Crippen molar-refractivity contribution >= 4 is 17.2 Å². The van der Waals surface area contributed by atoms with Gasteiger partial charge in [-0.1, -0.05) is 35.9 Å². The number of methoxy groups -OCH3 is 2. The van der Waals surface area contributed by atoms with E-state index in [1.807, 2.05) is 23.1 Å². The van der Waals surface area contributed by atoms with Gasteiger partial charge in [-0.25, -0.2) is 4.98 Å². The number of aryl methyl sites for hydroxylation is 1. The van der Waals surface area contributed by atoms with Gasteiger partial charge in [0.25, 0.3) is 5.91 Å². The first-order chi connectivity index (χ1) is 16.6. The van der Waals surface area contributed by atoms with Crippen molar-refractivity contribution in [2.24, 2.45) is 5.92 Å². The van der Waals surface area contributed by atoms with Crippen molar-refractivity contribution < 1.29 is 14.3 Å². The molecule has 5 nitrogen and oxygen atoms in total. The number of hydrogen-bond donors (Lipinski definition) is 0. The maximum absolute atomic E-state index is 13.9. The molecule has 5 rings (SSSR count). The Balaban J connectivity index is 1.40. The second-order valence-electron chi connectivity index (χ2n) is 9.50. The van der Waals surface area contributed by atoms with Gasteiger partial charge in [-0.05, 0) is 68.2 Å². The van der Waals surface area contributed by atoms with Crippen molar-refractivity contribution in [1.29, 1.82) is 0 Å². The average Bonchev–Trinajstić information content (AvgIpc) is 3.80. The van der Waals surface area contributed by atoms with E-state index in [0.29, 0.717) is 24.1 Å². The van der Waals surface area contributed by atoms with Crippen molar-refractivity contribution in [3.05, 3.63) is 64.3 Å². The van der Waals surface area contributed by atoms with Gasteiger partial charge in [0.15, 0.2) is 11.5 Å². The van der Waals surface area contributed by atoms with Crippen molar-refractivity contribution in [2.75, 3.05) is 27.3 Å². The number of rotatable bonds is 10. The highest BCUT2D eigenvalue weighted by Gasteiger charge is 2.33. The molecule has 2 saturated carbocycles. The molecule has 0 bridgehead atoms. The molecule has 0 spiro atoms. The summed E-state index contributed by atoms with van der Waals surface area (Å²) in [6, 6.07) is 14.4. The lowest BCUT2D eigenvalue weighted by Gasteiger charge is -2.23. The molecular formula is C28H32N2O3S. The lowest BCUT2D eigenvalue weighted by molar-refractivity contribution is 0.0745. The number of aromatic nitrogens is 1. The van der Waals surface area contributed by atoms with Crippen molar-refractivity contribution in [3.8, 4) is 21.9 Å². The van der Waals surface area contributed by atoms with Crippen LogP contribution in [0.25, 0.3) is 10.4 Å². The summed E-state index contributed by atoms with van der Waals surface area (Å²) in [5, 5.41) is 1.12. The molecule has 34 heavy (non-hydrogen) atoms. The van der Waals surface area contributed by atoms with Crippen LogP contribution in [0.15, 0.2) is 42.5 Å². The zero-order chi connectivity index (χ0) is 23.7. The molecule has 1 amide bonds. The summed E-state index contributed by atoms with van der Waals surface area (Å²) in [4.78, 5) is 21.8. The molecule has 2 aliphatic carbocycles. The molecule has 2 aliphatic rings. The van der Waals surface area contributed by atoms with Gasteiger partial charge < -0.3 is 14.4 Å². The van der Waals surface area contributed by atoms with E-state index in [1.165, 1.54) is 31.2 Å². The SMILES string of the molecule is COc1ccc(CCN(CC2CC2)C(=O)c2nc(C3CC3)sc2-c2ccc(C)cc2)cc1OC. The molecule has 0 unspecified atom stereocenters. The normalized spacial score (nSPS) is 15.3. The molecule has 178 valence electrons. The Kier molecular flexibility index (Phi) is 6.59. The molecule has 1 heterocycles. The van der Waals surface area contributed by atoms with E-state index in [1.54, 1.807) is 25.6 Å². The highest BCUT2D eigenvalue weighted by Crippen LogP contribution is 2.45. The van der Waals surface area contributed by atoms with Crippen LogP contribution in [0, 0.1) is 12.8 Å². The van der Waals surface area contributed by atoms with Crippen LogP contribution in [0.4, 0.5) is 0 Å². The van der Waals surface area contributed by atoms with Gasteiger partial charge >= 0.3 is 0 Å². The summed E-state index contributed by atoms with van der Waals surface area (Å²) >= 11 is 1.70. The number of amides is 1. The molecular weight excluding hydrogens is 444 g/mol. The van der Waals surface area contributed by atoms with Crippen LogP contribution in [0.5, 0.6) is 11.5 Å². The van der Waals surface area contributed by atoms with Crippen LogP contribution >= 0.6 is 11.3 Å². The van der Waals surface area contributed by atoms with Crippen LogP contribution < -0.4 is 9.47 Å². The van der Waals surface area contributed by atoms with E-state index < -0.39 is 0 Å². The number of nitrogens with zero attached hydrogens (tertiary/aromatic N) is 2. The third-order valence-corrected chi connectivity index (χ3v) is 7.93. The van der Waals surface area contributed by atoms with Gasteiger partial charge in [-0.3, -0.25) is 4.79 Å². The third-order valence-electron chi connectivity index (χ3n) is 6.67. The van der Waals surface area contributed by atoms with Gasteiger partial charge in [-0.2, -0.15) is 0 Å². The van der Waals surface area contributed by atoms with Crippen molar-refractivity contribution in [3.63, 3.8) is 0 Å². The van der Waals surface area contributed by atoms with Gasteiger partial charge in [0.2, 0.25) is 0 Å². The minimum atomic E-state index is 0.0612. The standard InChI is InChI=1S/C28H32N2O3S/c1-18-4-9-21(10-5-18)26-25(29-27(34-26)22-11-12-22)28(31)30(17-20-6-7-20)15-14-19-8-13-23(32-2)24(16-19)33-3/h4-5,8-10,13,16,20,22H,6-7,11-12,14-15,17H2,1-3H3. The molecule has 3 aromatic rings. The van der Waals surface area contributed by atoms with Crippen LogP contribution in [0.1, 0.15) is 58.2 Å². The summed E-state index contributed by atoms with van der Waals surface area (Å²) < 4.78 is 10.8.